The lowest BCUT2D eigenvalue weighted by Gasteiger charge is -2.05. The molecule has 0 aromatic rings. The highest BCUT2D eigenvalue weighted by atomic mass is 32.3. The molecule has 0 saturated heterocycles. The van der Waals surface area contributed by atoms with Crippen molar-refractivity contribution in [1.82, 2.24) is 0 Å². The molecule has 0 fully saturated rings. The van der Waals surface area contributed by atoms with Crippen LogP contribution < -0.4 is 0 Å². The lowest BCUT2D eigenvalue weighted by molar-refractivity contribution is 0.186. The third-order valence-corrected chi connectivity index (χ3v) is 2.75. The third-order valence-electron chi connectivity index (χ3n) is 0.538. The molecular weight excluding hydrogens is 174 g/mol. The molecule has 9 heavy (non-hydrogen) atoms. The van der Waals surface area contributed by atoms with E-state index < -0.39 is 26.5 Å². The summed E-state index contributed by atoms with van der Waals surface area (Å²) in [6, 6.07) is 0. The Hall–Kier alpha value is 0.120. The van der Waals surface area contributed by atoms with Gasteiger partial charge in [-0.05, 0) is 0 Å². The molecule has 56 valence electrons. The van der Waals surface area contributed by atoms with E-state index in [9.17, 15) is 17.2 Å². The third kappa shape index (κ3) is 2.07. The van der Waals surface area contributed by atoms with Gasteiger partial charge in [0.05, 0.1) is 0 Å². The number of halogens is 2. The second-order valence-corrected chi connectivity index (χ2v) is 3.86. The van der Waals surface area contributed by atoms with Crippen LogP contribution >= 0.6 is 0 Å². The zero-order valence-electron chi connectivity index (χ0n) is 4.34. The molecule has 0 heterocycles. The largest absolute Gasteiger partial charge is 0.419 e. The summed E-state index contributed by atoms with van der Waals surface area (Å²) < 4.78 is 47.0. The van der Waals surface area contributed by atoms with Crippen LogP contribution in [0.4, 0.5) is 8.78 Å². The zero-order chi connectivity index (χ0) is 7.65. The molecule has 2 unspecified atom stereocenters. The first kappa shape index (κ1) is 9.12. The molecule has 3 nitrogen and oxygen atoms in total. The fourth-order valence-electron chi connectivity index (χ4n) is 0.100. The predicted molar refractivity (Wildman–Crippen MR) is 29.8 cm³/mol. The first-order chi connectivity index (χ1) is 3.89. The van der Waals surface area contributed by atoms with Crippen LogP contribution in [-0.2, 0) is 21.9 Å². The van der Waals surface area contributed by atoms with E-state index in [-0.39, 0.29) is 0 Å². The molecule has 0 spiro atoms. The van der Waals surface area contributed by atoms with Crippen molar-refractivity contribution in [3.63, 3.8) is 0 Å². The maximum absolute atomic E-state index is 11.8. The van der Waals surface area contributed by atoms with Crippen molar-refractivity contribution in [2.45, 2.75) is 4.59 Å². The summed E-state index contributed by atoms with van der Waals surface area (Å²) in [5.74, 6) is 0. The molecule has 0 saturated carbocycles. The number of hydrogen-bond donors (Lipinski definition) is 1. The minimum absolute atomic E-state index is 0.661. The van der Waals surface area contributed by atoms with Gasteiger partial charge in [-0.2, -0.15) is 8.78 Å². The molecule has 0 aliphatic heterocycles. The summed E-state index contributed by atoms with van der Waals surface area (Å²) in [5.41, 5.74) is 0. The van der Waals surface area contributed by atoms with Gasteiger partial charge < -0.3 is 4.55 Å². The van der Waals surface area contributed by atoms with Crippen molar-refractivity contribution in [2.24, 2.45) is 0 Å². The van der Waals surface area contributed by atoms with Gasteiger partial charge in [-0.3, -0.25) is 4.21 Å². The van der Waals surface area contributed by atoms with Crippen LogP contribution in [0.5, 0.6) is 0 Å². The Morgan fingerprint density at radius 3 is 1.78 bits per heavy atom. The second-order valence-electron chi connectivity index (χ2n) is 1.17. The molecule has 7 heteroatoms. The number of alkyl halides is 2. The molecule has 0 aliphatic carbocycles. The highest BCUT2D eigenvalue weighted by Gasteiger charge is 2.41. The standard InChI is InChI=1S/C2H4F2O3S2/c1-8(5)2(3,4)9(6)7/h1H3,(H,6,7). The van der Waals surface area contributed by atoms with Gasteiger partial charge in [-0.25, -0.2) is 4.21 Å². The summed E-state index contributed by atoms with van der Waals surface area (Å²) >= 11 is -3.34. The van der Waals surface area contributed by atoms with Crippen LogP contribution in [0.2, 0.25) is 0 Å². The zero-order valence-corrected chi connectivity index (χ0v) is 5.97. The SMILES string of the molecule is CS(=O)C(F)(F)S(=O)O. The van der Waals surface area contributed by atoms with Crippen LogP contribution in [0.1, 0.15) is 0 Å². The minimum atomic E-state index is -4.00. The molecule has 0 rings (SSSR count). The fourth-order valence-corrected chi connectivity index (χ4v) is 0.904. The topological polar surface area (TPSA) is 54.4 Å². The van der Waals surface area contributed by atoms with Gasteiger partial charge in [0.1, 0.15) is 10.8 Å². The minimum Gasteiger partial charge on any atom is -0.301 e. The summed E-state index contributed by atoms with van der Waals surface area (Å²) in [6.45, 7) is 0. The van der Waals surface area contributed by atoms with Crippen LogP contribution in [0.15, 0.2) is 0 Å². The van der Waals surface area contributed by atoms with Gasteiger partial charge in [-0.1, -0.05) is 0 Å². The molecule has 1 N–H and O–H groups in total. The quantitative estimate of drug-likeness (QED) is 0.612. The van der Waals surface area contributed by atoms with Gasteiger partial charge >= 0.3 is 4.59 Å². The summed E-state index contributed by atoms with van der Waals surface area (Å²) in [4.78, 5) is 0. The van der Waals surface area contributed by atoms with Crippen molar-refractivity contribution in [1.29, 1.82) is 0 Å². The second kappa shape index (κ2) is 2.80. The molecule has 0 radical (unpaired) electrons. The van der Waals surface area contributed by atoms with E-state index in [2.05, 4.69) is 0 Å². The van der Waals surface area contributed by atoms with E-state index in [4.69, 9.17) is 4.55 Å². The van der Waals surface area contributed by atoms with E-state index in [1.807, 2.05) is 0 Å². The Balaban J connectivity index is 4.38. The Morgan fingerprint density at radius 1 is 1.44 bits per heavy atom. The molecule has 0 aromatic carbocycles. The lowest BCUT2D eigenvalue weighted by Crippen LogP contribution is -2.27. The number of hydrogen-bond acceptors (Lipinski definition) is 2. The maximum atomic E-state index is 11.8. The molecule has 0 aromatic heterocycles. The Morgan fingerprint density at radius 2 is 1.78 bits per heavy atom. The van der Waals surface area contributed by atoms with Gasteiger partial charge in [-0.15, -0.1) is 0 Å². The first-order valence-electron chi connectivity index (χ1n) is 1.71. The molecular formula is C2H4F2O3S2. The average Bonchev–Trinajstić information content (AvgIpc) is 1.65. The fraction of sp³-hybridized carbons (Fsp3) is 1.00. The maximum Gasteiger partial charge on any atom is 0.419 e. The van der Waals surface area contributed by atoms with Crippen LogP contribution in [0.3, 0.4) is 0 Å². The van der Waals surface area contributed by atoms with Crippen molar-refractivity contribution in [2.75, 3.05) is 6.26 Å². The smallest absolute Gasteiger partial charge is 0.301 e. The first-order valence-corrected chi connectivity index (χ1v) is 4.38. The Labute approximate surface area is 55.2 Å². The molecule has 0 aliphatic rings. The van der Waals surface area contributed by atoms with Crippen molar-refractivity contribution in [3.8, 4) is 0 Å². The van der Waals surface area contributed by atoms with E-state index in [0.29, 0.717) is 6.26 Å². The van der Waals surface area contributed by atoms with E-state index in [0.717, 1.165) is 0 Å². The van der Waals surface area contributed by atoms with Gasteiger partial charge in [0.15, 0.2) is 0 Å². The predicted octanol–water partition coefficient (Wildman–Crippen LogP) is 0.137. The van der Waals surface area contributed by atoms with Gasteiger partial charge in [0, 0.05) is 6.26 Å². The van der Waals surface area contributed by atoms with E-state index in [1.165, 1.54) is 0 Å². The number of rotatable bonds is 2. The van der Waals surface area contributed by atoms with E-state index in [1.54, 1.807) is 0 Å². The molecule has 0 bridgehead atoms. The highest BCUT2D eigenvalue weighted by Crippen LogP contribution is 2.19. The van der Waals surface area contributed by atoms with Crippen LogP contribution in [0.25, 0.3) is 0 Å². The van der Waals surface area contributed by atoms with Crippen LogP contribution in [-0.4, -0.2) is 23.8 Å². The molecule has 0 amide bonds. The van der Waals surface area contributed by atoms with Gasteiger partial charge in [0.2, 0.25) is 11.1 Å². The summed E-state index contributed by atoms with van der Waals surface area (Å²) in [5, 5.41) is 0. The van der Waals surface area contributed by atoms with Crippen LogP contribution in [0, 0.1) is 0 Å². The summed E-state index contributed by atoms with van der Waals surface area (Å²) in [7, 11) is -2.59. The van der Waals surface area contributed by atoms with E-state index >= 15 is 0 Å². The monoisotopic (exact) mass is 178 g/mol. The normalized spacial score (nSPS) is 19.1. The lowest BCUT2D eigenvalue weighted by atomic mass is 11.6. The Bertz CT molecular complexity index is 140. The average molecular weight is 178 g/mol. The highest BCUT2D eigenvalue weighted by molar-refractivity contribution is 8.00. The molecule has 2 atom stereocenters. The van der Waals surface area contributed by atoms with Crippen molar-refractivity contribution < 1.29 is 21.8 Å². The Kier molecular flexibility index (Phi) is 2.84. The van der Waals surface area contributed by atoms with Gasteiger partial charge in [0.25, 0.3) is 0 Å². The van der Waals surface area contributed by atoms with Crippen molar-refractivity contribution >= 4 is 21.9 Å². The van der Waals surface area contributed by atoms with Crippen molar-refractivity contribution in [3.05, 3.63) is 0 Å². The summed E-state index contributed by atoms with van der Waals surface area (Å²) in [6.07, 6.45) is 0.661.